The standard InChI is InChI=1S/C38H24N4/c1-39-32-23-20-28(21-24-32)35-33-15-9-8-10-26(33)22-25-34(35)27-16-18-31(19-17-27)38-41-36(29-11-4-2-5-12-29)40-37(42-38)30-13-6-3-7-14-30/h2-25H. The molecule has 0 saturated heterocycles. The Bertz CT molecular complexity index is 2000. The van der Waals surface area contributed by atoms with Gasteiger partial charge in [-0.3, -0.25) is 0 Å². The van der Waals surface area contributed by atoms with Gasteiger partial charge in [0.1, 0.15) is 0 Å². The van der Waals surface area contributed by atoms with Crippen LogP contribution in [0.1, 0.15) is 0 Å². The van der Waals surface area contributed by atoms with Gasteiger partial charge in [0.05, 0.1) is 6.57 Å². The second kappa shape index (κ2) is 10.9. The Morgan fingerprint density at radius 1 is 0.405 bits per heavy atom. The van der Waals surface area contributed by atoms with Crippen LogP contribution in [0.15, 0.2) is 146 Å². The predicted octanol–water partition coefficient (Wildman–Crippen LogP) is 9.91. The summed E-state index contributed by atoms with van der Waals surface area (Å²) >= 11 is 0. The van der Waals surface area contributed by atoms with Crippen molar-refractivity contribution in [2.24, 2.45) is 0 Å². The molecule has 0 aliphatic carbocycles. The molecule has 0 spiro atoms. The number of benzene rings is 6. The van der Waals surface area contributed by atoms with Crippen molar-refractivity contribution < 1.29 is 0 Å². The first-order valence-corrected chi connectivity index (χ1v) is 13.7. The first-order valence-electron chi connectivity index (χ1n) is 13.7. The number of hydrogen-bond acceptors (Lipinski definition) is 3. The molecule has 4 heteroatoms. The average molecular weight is 537 g/mol. The van der Waals surface area contributed by atoms with Gasteiger partial charge in [-0.25, -0.2) is 19.8 Å². The zero-order valence-electron chi connectivity index (χ0n) is 22.6. The third-order valence-electron chi connectivity index (χ3n) is 7.37. The van der Waals surface area contributed by atoms with Crippen LogP contribution in [0.4, 0.5) is 5.69 Å². The molecule has 0 saturated carbocycles. The molecular formula is C38H24N4. The van der Waals surface area contributed by atoms with Crippen molar-refractivity contribution in [1.82, 2.24) is 15.0 Å². The lowest BCUT2D eigenvalue weighted by Gasteiger charge is -2.15. The van der Waals surface area contributed by atoms with E-state index in [1.807, 2.05) is 84.9 Å². The summed E-state index contributed by atoms with van der Waals surface area (Å²) in [7, 11) is 0. The van der Waals surface area contributed by atoms with Crippen molar-refractivity contribution in [3.63, 3.8) is 0 Å². The number of fused-ring (bicyclic) bond motifs is 1. The Hall–Kier alpha value is -5.92. The quantitative estimate of drug-likeness (QED) is 0.206. The molecule has 0 bridgehead atoms. The van der Waals surface area contributed by atoms with Crippen molar-refractivity contribution in [1.29, 1.82) is 0 Å². The van der Waals surface area contributed by atoms with Gasteiger partial charge >= 0.3 is 0 Å². The Morgan fingerprint density at radius 2 is 0.881 bits per heavy atom. The van der Waals surface area contributed by atoms with Crippen LogP contribution < -0.4 is 0 Å². The van der Waals surface area contributed by atoms with E-state index in [1.54, 1.807) is 0 Å². The third kappa shape index (κ3) is 4.81. The maximum Gasteiger partial charge on any atom is 0.187 e. The van der Waals surface area contributed by atoms with E-state index in [2.05, 4.69) is 65.5 Å². The topological polar surface area (TPSA) is 43.0 Å². The SMILES string of the molecule is [C-]#[N+]c1ccc(-c2c(-c3ccc(-c4nc(-c5ccccc5)nc(-c5ccccc5)n4)cc3)ccc3ccccc23)cc1. The van der Waals surface area contributed by atoms with E-state index < -0.39 is 0 Å². The van der Waals surface area contributed by atoms with E-state index in [4.69, 9.17) is 21.5 Å². The molecular weight excluding hydrogens is 512 g/mol. The van der Waals surface area contributed by atoms with Crippen molar-refractivity contribution in [2.45, 2.75) is 0 Å². The molecule has 0 fully saturated rings. The highest BCUT2D eigenvalue weighted by Gasteiger charge is 2.15. The largest absolute Gasteiger partial charge is 0.238 e. The fourth-order valence-electron chi connectivity index (χ4n) is 5.26. The molecule has 0 radical (unpaired) electrons. The van der Waals surface area contributed by atoms with Crippen LogP contribution in [-0.4, -0.2) is 15.0 Å². The minimum Gasteiger partial charge on any atom is -0.238 e. The van der Waals surface area contributed by atoms with Crippen LogP contribution in [0, 0.1) is 6.57 Å². The van der Waals surface area contributed by atoms with Gasteiger partial charge in [0.25, 0.3) is 0 Å². The van der Waals surface area contributed by atoms with Crippen molar-refractivity contribution in [3.8, 4) is 56.4 Å². The Kier molecular flexibility index (Phi) is 6.52. The predicted molar refractivity (Wildman–Crippen MR) is 171 cm³/mol. The van der Waals surface area contributed by atoms with Gasteiger partial charge < -0.3 is 0 Å². The summed E-state index contributed by atoms with van der Waals surface area (Å²) in [6.45, 7) is 7.35. The molecule has 7 rings (SSSR count). The molecule has 4 nitrogen and oxygen atoms in total. The van der Waals surface area contributed by atoms with E-state index in [9.17, 15) is 0 Å². The molecule has 7 aromatic rings. The van der Waals surface area contributed by atoms with Gasteiger partial charge in [-0.2, -0.15) is 0 Å². The zero-order valence-corrected chi connectivity index (χ0v) is 22.6. The van der Waals surface area contributed by atoms with Gasteiger partial charge in [0.15, 0.2) is 23.2 Å². The molecule has 1 heterocycles. The second-order valence-electron chi connectivity index (χ2n) is 9.98. The van der Waals surface area contributed by atoms with E-state index >= 15 is 0 Å². The van der Waals surface area contributed by atoms with Crippen LogP contribution in [0.25, 0.3) is 72.0 Å². The molecule has 0 aliphatic heterocycles. The maximum absolute atomic E-state index is 7.35. The third-order valence-corrected chi connectivity index (χ3v) is 7.37. The Labute approximate surface area is 244 Å². The molecule has 0 aliphatic rings. The highest BCUT2D eigenvalue weighted by molar-refractivity contribution is 6.04. The minimum atomic E-state index is 0.628. The lowest BCUT2D eigenvalue weighted by atomic mass is 9.89. The number of hydrogen-bond donors (Lipinski definition) is 0. The molecule has 6 aromatic carbocycles. The van der Waals surface area contributed by atoms with Gasteiger partial charge in [0.2, 0.25) is 0 Å². The molecule has 1 aromatic heterocycles. The van der Waals surface area contributed by atoms with Crippen LogP contribution in [-0.2, 0) is 0 Å². The van der Waals surface area contributed by atoms with Crippen molar-refractivity contribution in [2.75, 3.05) is 0 Å². The van der Waals surface area contributed by atoms with E-state index in [0.29, 0.717) is 23.2 Å². The summed E-state index contributed by atoms with van der Waals surface area (Å²) in [5.74, 6) is 1.91. The first-order chi connectivity index (χ1) is 20.8. The summed E-state index contributed by atoms with van der Waals surface area (Å²) in [6.07, 6.45) is 0. The van der Waals surface area contributed by atoms with E-state index in [0.717, 1.165) is 38.9 Å². The summed E-state index contributed by atoms with van der Waals surface area (Å²) in [5, 5.41) is 2.35. The monoisotopic (exact) mass is 536 g/mol. The number of nitrogens with zero attached hydrogens (tertiary/aromatic N) is 4. The van der Waals surface area contributed by atoms with Crippen LogP contribution in [0.3, 0.4) is 0 Å². The lowest BCUT2D eigenvalue weighted by molar-refractivity contribution is 1.07. The molecule has 42 heavy (non-hydrogen) atoms. The van der Waals surface area contributed by atoms with E-state index in [1.165, 1.54) is 10.8 Å². The highest BCUT2D eigenvalue weighted by atomic mass is 15.0. The molecule has 0 N–H and O–H groups in total. The normalized spacial score (nSPS) is 10.8. The maximum atomic E-state index is 7.35. The van der Waals surface area contributed by atoms with Crippen molar-refractivity contribution >= 4 is 16.5 Å². The second-order valence-corrected chi connectivity index (χ2v) is 9.98. The Balaban J connectivity index is 1.34. The summed E-state index contributed by atoms with van der Waals surface area (Å²) < 4.78 is 0. The highest BCUT2D eigenvalue weighted by Crippen LogP contribution is 2.39. The number of rotatable bonds is 5. The van der Waals surface area contributed by atoms with Gasteiger partial charge in [0, 0.05) is 16.7 Å². The fraction of sp³-hybridized carbons (Fsp3) is 0. The summed E-state index contributed by atoms with van der Waals surface area (Å²) in [5.41, 5.74) is 7.88. The first kappa shape index (κ1) is 25.1. The number of aromatic nitrogens is 3. The smallest absolute Gasteiger partial charge is 0.187 e. The van der Waals surface area contributed by atoms with Crippen LogP contribution in [0.2, 0.25) is 0 Å². The minimum absolute atomic E-state index is 0.628. The van der Waals surface area contributed by atoms with E-state index in [-0.39, 0.29) is 0 Å². The van der Waals surface area contributed by atoms with Crippen LogP contribution >= 0.6 is 0 Å². The summed E-state index contributed by atoms with van der Waals surface area (Å²) in [4.78, 5) is 18.1. The lowest BCUT2D eigenvalue weighted by Crippen LogP contribution is -2.00. The van der Waals surface area contributed by atoms with Crippen LogP contribution in [0.5, 0.6) is 0 Å². The molecule has 196 valence electrons. The van der Waals surface area contributed by atoms with Gasteiger partial charge in [-0.05, 0) is 33.0 Å². The van der Waals surface area contributed by atoms with Gasteiger partial charge in [-0.15, -0.1) is 0 Å². The Morgan fingerprint density at radius 3 is 1.45 bits per heavy atom. The fourth-order valence-corrected chi connectivity index (χ4v) is 5.26. The molecule has 0 unspecified atom stereocenters. The summed E-state index contributed by atoms with van der Waals surface area (Å²) in [6, 6.07) is 49.0. The molecule has 0 atom stereocenters. The van der Waals surface area contributed by atoms with Gasteiger partial charge in [-0.1, -0.05) is 146 Å². The zero-order chi connectivity index (χ0) is 28.3. The average Bonchev–Trinajstić information content (AvgIpc) is 3.08. The van der Waals surface area contributed by atoms with Crippen molar-refractivity contribution in [3.05, 3.63) is 157 Å². The molecule has 0 amide bonds.